The standard InChI is InChI=1S/C12H17N5O2S/c1-10(8-17-7-6-14-9-17)16-20(18,19)12-4-2-11(15-13)3-5-12/h2-7,9-10,15-16H,8,13H2,1H3. The van der Waals surface area contributed by atoms with Gasteiger partial charge < -0.3 is 9.99 Å². The number of sulfonamides is 1. The van der Waals surface area contributed by atoms with E-state index in [4.69, 9.17) is 5.84 Å². The van der Waals surface area contributed by atoms with E-state index in [-0.39, 0.29) is 10.9 Å². The molecule has 8 heteroatoms. The molecule has 1 unspecified atom stereocenters. The Morgan fingerprint density at radius 2 is 2.05 bits per heavy atom. The lowest BCUT2D eigenvalue weighted by molar-refractivity contribution is 0.520. The summed E-state index contributed by atoms with van der Waals surface area (Å²) >= 11 is 0. The Kier molecular flexibility index (Phi) is 4.38. The Balaban J connectivity index is 2.05. The molecule has 1 heterocycles. The third-order valence-corrected chi connectivity index (χ3v) is 4.34. The molecule has 0 bridgehead atoms. The number of rotatable bonds is 6. The maximum Gasteiger partial charge on any atom is 0.240 e. The number of benzene rings is 1. The molecule has 108 valence electrons. The first-order chi connectivity index (χ1) is 9.51. The highest BCUT2D eigenvalue weighted by Crippen LogP contribution is 2.13. The summed E-state index contributed by atoms with van der Waals surface area (Å²) < 4.78 is 28.8. The van der Waals surface area contributed by atoms with E-state index in [1.165, 1.54) is 12.1 Å². The summed E-state index contributed by atoms with van der Waals surface area (Å²) in [7, 11) is -3.54. The second-order valence-electron chi connectivity index (χ2n) is 4.45. The van der Waals surface area contributed by atoms with Crippen molar-refractivity contribution in [2.24, 2.45) is 5.84 Å². The van der Waals surface area contributed by atoms with Crippen LogP contribution in [0.1, 0.15) is 6.92 Å². The summed E-state index contributed by atoms with van der Waals surface area (Å²) in [4.78, 5) is 4.12. The van der Waals surface area contributed by atoms with Crippen molar-refractivity contribution in [3.05, 3.63) is 43.0 Å². The van der Waals surface area contributed by atoms with Crippen molar-refractivity contribution in [2.45, 2.75) is 24.4 Å². The molecule has 1 atom stereocenters. The molecule has 0 aliphatic heterocycles. The average Bonchev–Trinajstić information content (AvgIpc) is 2.91. The van der Waals surface area contributed by atoms with Gasteiger partial charge in [-0.2, -0.15) is 0 Å². The van der Waals surface area contributed by atoms with Crippen LogP contribution in [-0.2, 0) is 16.6 Å². The monoisotopic (exact) mass is 295 g/mol. The van der Waals surface area contributed by atoms with Crippen LogP contribution in [0.15, 0.2) is 47.9 Å². The Hall–Kier alpha value is -1.90. The maximum absolute atomic E-state index is 12.2. The zero-order valence-corrected chi connectivity index (χ0v) is 11.8. The number of hydrazine groups is 1. The Bertz CT molecular complexity index is 637. The average molecular weight is 295 g/mol. The third kappa shape index (κ3) is 3.56. The molecular weight excluding hydrogens is 278 g/mol. The van der Waals surface area contributed by atoms with Gasteiger partial charge in [0.25, 0.3) is 0 Å². The first kappa shape index (κ1) is 14.5. The number of imidazole rings is 1. The minimum absolute atomic E-state index is 0.203. The fourth-order valence-corrected chi connectivity index (χ4v) is 3.05. The summed E-state index contributed by atoms with van der Waals surface area (Å²) in [6, 6.07) is 5.97. The third-order valence-electron chi connectivity index (χ3n) is 2.73. The van der Waals surface area contributed by atoms with Gasteiger partial charge in [0.05, 0.1) is 11.2 Å². The zero-order valence-electron chi connectivity index (χ0n) is 11.0. The molecule has 0 aliphatic carbocycles. The fourth-order valence-electron chi connectivity index (χ4n) is 1.81. The Morgan fingerprint density at radius 3 is 2.60 bits per heavy atom. The quantitative estimate of drug-likeness (QED) is 0.533. The lowest BCUT2D eigenvalue weighted by atomic mass is 10.3. The van der Waals surface area contributed by atoms with Crippen LogP contribution >= 0.6 is 0 Å². The van der Waals surface area contributed by atoms with Crippen LogP contribution in [0.25, 0.3) is 0 Å². The van der Waals surface area contributed by atoms with Crippen molar-refractivity contribution in [2.75, 3.05) is 5.43 Å². The molecule has 1 aromatic heterocycles. The number of nitrogens with one attached hydrogen (secondary N) is 2. The van der Waals surface area contributed by atoms with Gasteiger partial charge in [0, 0.05) is 30.7 Å². The topological polar surface area (TPSA) is 102 Å². The van der Waals surface area contributed by atoms with Crippen molar-refractivity contribution in [3.63, 3.8) is 0 Å². The van der Waals surface area contributed by atoms with Crippen molar-refractivity contribution in [1.82, 2.24) is 14.3 Å². The fraction of sp³-hybridized carbons (Fsp3) is 0.250. The summed E-state index contributed by atoms with van der Waals surface area (Å²) in [5, 5.41) is 0. The number of aromatic nitrogens is 2. The SMILES string of the molecule is CC(Cn1ccnc1)NS(=O)(=O)c1ccc(NN)cc1. The van der Waals surface area contributed by atoms with Crippen LogP contribution < -0.4 is 16.0 Å². The second-order valence-corrected chi connectivity index (χ2v) is 6.16. The van der Waals surface area contributed by atoms with E-state index in [1.54, 1.807) is 37.8 Å². The molecule has 0 radical (unpaired) electrons. The van der Waals surface area contributed by atoms with Crippen LogP contribution in [0.5, 0.6) is 0 Å². The normalized spacial score (nSPS) is 13.1. The molecule has 0 amide bonds. The van der Waals surface area contributed by atoms with Gasteiger partial charge in [0.2, 0.25) is 10.0 Å². The number of nitrogen functional groups attached to an aromatic ring is 1. The van der Waals surface area contributed by atoms with Crippen molar-refractivity contribution < 1.29 is 8.42 Å². The molecule has 20 heavy (non-hydrogen) atoms. The van der Waals surface area contributed by atoms with E-state index in [1.807, 2.05) is 4.57 Å². The van der Waals surface area contributed by atoms with E-state index in [0.29, 0.717) is 12.2 Å². The van der Waals surface area contributed by atoms with Crippen molar-refractivity contribution in [3.8, 4) is 0 Å². The van der Waals surface area contributed by atoms with Crippen molar-refractivity contribution >= 4 is 15.7 Å². The van der Waals surface area contributed by atoms with Crippen LogP contribution in [-0.4, -0.2) is 24.0 Å². The number of hydrogen-bond acceptors (Lipinski definition) is 5. The number of nitrogens with zero attached hydrogens (tertiary/aromatic N) is 2. The molecule has 0 spiro atoms. The molecule has 0 aliphatic rings. The highest BCUT2D eigenvalue weighted by atomic mass is 32.2. The van der Waals surface area contributed by atoms with Gasteiger partial charge in [-0.1, -0.05) is 0 Å². The van der Waals surface area contributed by atoms with Gasteiger partial charge in [-0.05, 0) is 31.2 Å². The van der Waals surface area contributed by atoms with Crippen LogP contribution in [0.2, 0.25) is 0 Å². The summed E-state index contributed by atoms with van der Waals surface area (Å²) in [5.74, 6) is 5.24. The summed E-state index contributed by atoms with van der Waals surface area (Å²) in [5.41, 5.74) is 3.10. The lowest BCUT2D eigenvalue weighted by Gasteiger charge is -2.15. The van der Waals surface area contributed by atoms with E-state index >= 15 is 0 Å². The van der Waals surface area contributed by atoms with Gasteiger partial charge in [0.15, 0.2) is 0 Å². The van der Waals surface area contributed by atoms with E-state index < -0.39 is 10.0 Å². The molecule has 7 nitrogen and oxygen atoms in total. The molecular formula is C12H17N5O2S. The minimum Gasteiger partial charge on any atom is -0.336 e. The predicted octanol–water partition coefficient (Wildman–Crippen LogP) is 0.536. The molecule has 0 saturated carbocycles. The van der Waals surface area contributed by atoms with Gasteiger partial charge in [0.1, 0.15) is 0 Å². The van der Waals surface area contributed by atoms with E-state index in [2.05, 4.69) is 15.1 Å². The zero-order chi connectivity index (χ0) is 14.6. The van der Waals surface area contributed by atoms with Crippen molar-refractivity contribution in [1.29, 1.82) is 0 Å². The first-order valence-electron chi connectivity index (χ1n) is 6.06. The molecule has 0 fully saturated rings. The number of nitrogens with two attached hydrogens (primary N) is 1. The lowest BCUT2D eigenvalue weighted by Crippen LogP contribution is -2.35. The molecule has 4 N–H and O–H groups in total. The van der Waals surface area contributed by atoms with Gasteiger partial charge in [-0.3, -0.25) is 5.84 Å². The largest absolute Gasteiger partial charge is 0.336 e. The second kappa shape index (κ2) is 6.04. The number of hydrogen-bond donors (Lipinski definition) is 3. The first-order valence-corrected chi connectivity index (χ1v) is 7.54. The molecule has 1 aromatic carbocycles. The van der Waals surface area contributed by atoms with E-state index in [9.17, 15) is 8.42 Å². The van der Waals surface area contributed by atoms with Gasteiger partial charge >= 0.3 is 0 Å². The maximum atomic E-state index is 12.2. The Labute approximate surface area is 117 Å². The van der Waals surface area contributed by atoms with Gasteiger partial charge in [-0.15, -0.1) is 0 Å². The molecule has 2 rings (SSSR count). The van der Waals surface area contributed by atoms with Crippen LogP contribution in [0.4, 0.5) is 5.69 Å². The highest BCUT2D eigenvalue weighted by molar-refractivity contribution is 7.89. The van der Waals surface area contributed by atoms with Gasteiger partial charge in [-0.25, -0.2) is 18.1 Å². The van der Waals surface area contributed by atoms with E-state index in [0.717, 1.165) is 0 Å². The number of anilines is 1. The highest BCUT2D eigenvalue weighted by Gasteiger charge is 2.17. The molecule has 0 saturated heterocycles. The predicted molar refractivity (Wildman–Crippen MR) is 76.3 cm³/mol. The Morgan fingerprint density at radius 1 is 1.35 bits per heavy atom. The summed E-state index contributed by atoms with van der Waals surface area (Å²) in [6.45, 7) is 2.31. The smallest absolute Gasteiger partial charge is 0.240 e. The minimum atomic E-state index is -3.54. The summed E-state index contributed by atoms with van der Waals surface area (Å²) in [6.07, 6.45) is 5.08. The van der Waals surface area contributed by atoms with Crippen LogP contribution in [0.3, 0.4) is 0 Å². The van der Waals surface area contributed by atoms with Crippen LogP contribution in [0, 0.1) is 0 Å². The molecule has 2 aromatic rings.